The topological polar surface area (TPSA) is 133 Å². The van der Waals surface area contributed by atoms with Crippen LogP contribution in [0.15, 0.2) is 158 Å². The number of piperazine rings is 2. The van der Waals surface area contributed by atoms with Crippen molar-refractivity contribution in [1.82, 2.24) is 30.7 Å². The van der Waals surface area contributed by atoms with Crippen molar-refractivity contribution in [2.24, 2.45) is 0 Å². The zero-order valence-electron chi connectivity index (χ0n) is 39.8. The second-order valence-electron chi connectivity index (χ2n) is 16.5. The van der Waals surface area contributed by atoms with Gasteiger partial charge in [-0.1, -0.05) is 88.7 Å². The molecule has 2 heterocycles. The van der Waals surface area contributed by atoms with Crippen LogP contribution in [0.3, 0.4) is 0 Å². The molecule has 0 radical (unpaired) electrons. The molecule has 74 heavy (non-hydrogen) atoms. The van der Waals surface area contributed by atoms with Crippen molar-refractivity contribution < 1.29 is 55.0 Å². The van der Waals surface area contributed by atoms with E-state index in [-0.39, 0.29) is 72.1 Å². The number of hydrogen-bond acceptors (Lipinski definition) is 8. The number of ether oxygens (including phenoxy) is 2. The lowest BCUT2D eigenvalue weighted by Gasteiger charge is -2.35. The summed E-state index contributed by atoms with van der Waals surface area (Å²) < 4.78 is 87.8. The Labute approximate surface area is 439 Å². The van der Waals surface area contributed by atoms with E-state index in [2.05, 4.69) is 31.9 Å². The van der Waals surface area contributed by atoms with E-state index in [1.807, 2.05) is 65.6 Å². The predicted octanol–water partition coefficient (Wildman–Crippen LogP) is 10.2. The summed E-state index contributed by atoms with van der Waals surface area (Å²) in [6, 6.07) is 43.2. The van der Waals surface area contributed by atoms with E-state index in [4.69, 9.17) is 9.47 Å². The lowest BCUT2D eigenvalue weighted by atomic mass is 10.1. The Morgan fingerprint density at radius 3 is 1.26 bits per heavy atom. The van der Waals surface area contributed by atoms with Crippen LogP contribution in [-0.4, -0.2) is 104 Å². The third kappa shape index (κ3) is 18.2. The molecule has 0 spiro atoms. The van der Waals surface area contributed by atoms with E-state index in [9.17, 15) is 45.5 Å². The molecule has 2 fully saturated rings. The fourth-order valence-corrected chi connectivity index (χ4v) is 7.99. The number of alkyl halides is 7. The number of hydrogen-bond donors (Lipinski definition) is 3. The van der Waals surface area contributed by atoms with E-state index < -0.39 is 23.5 Å². The molecule has 20 heteroatoms. The summed E-state index contributed by atoms with van der Waals surface area (Å²) in [5.74, 6) is 1.73. The molecule has 0 saturated carbocycles. The molecular formula is C54H54BrClF6N6O6. The third-order valence-corrected chi connectivity index (χ3v) is 12.0. The van der Waals surface area contributed by atoms with Crippen LogP contribution in [-0.2, 0) is 33.8 Å². The van der Waals surface area contributed by atoms with Gasteiger partial charge in [-0.3, -0.25) is 24.1 Å². The maximum atomic E-state index is 13.2. The van der Waals surface area contributed by atoms with Gasteiger partial charge in [0.25, 0.3) is 11.8 Å². The molecular weight excluding hydrogens is 1060 g/mol. The van der Waals surface area contributed by atoms with Crippen molar-refractivity contribution in [3.05, 3.63) is 191 Å². The van der Waals surface area contributed by atoms with Crippen LogP contribution in [0.1, 0.15) is 43.0 Å². The standard InChI is InChI=1S/C27H26F3N3O3.C19H21N3O3.C8H6BrF3.ClH/c28-27(29,30)24-9-5-4-6-21(24)19-32-14-16-33(17-15-32)25(34)18-31-26(35)20-10-12-23(13-11-20)36-22-7-2-1-3-8-22;23-18(22-12-10-20-11-13-22)14-21-19(24)15-6-8-17(9-7-15)25-16-4-2-1-3-5-16;9-5-6-3-1-2-4-7(6)8(10,11)12;/h1-13H,14-19H2,(H,31,35);1-9,20H,10-14H2,(H,21,24);1-4H,5H2;1H. The Kier molecular flexibility index (Phi) is 22.3. The van der Waals surface area contributed by atoms with Crippen LogP contribution in [0.25, 0.3) is 0 Å². The lowest BCUT2D eigenvalue weighted by molar-refractivity contribution is -0.139. The molecule has 6 aromatic rings. The highest BCUT2D eigenvalue weighted by atomic mass is 79.9. The molecule has 0 bridgehead atoms. The van der Waals surface area contributed by atoms with Gasteiger partial charge in [-0.2, -0.15) is 26.3 Å². The summed E-state index contributed by atoms with van der Waals surface area (Å²) in [6.07, 6.45) is -8.65. The van der Waals surface area contributed by atoms with Crippen LogP contribution >= 0.6 is 28.3 Å². The van der Waals surface area contributed by atoms with Crippen molar-refractivity contribution >= 4 is 52.0 Å². The van der Waals surface area contributed by atoms with Crippen LogP contribution in [0, 0.1) is 0 Å². The van der Waals surface area contributed by atoms with Gasteiger partial charge in [0.15, 0.2) is 0 Å². The number of rotatable bonds is 13. The summed E-state index contributed by atoms with van der Waals surface area (Å²) in [4.78, 5) is 54.5. The van der Waals surface area contributed by atoms with Gasteiger partial charge in [-0.25, -0.2) is 0 Å². The fraction of sp³-hybridized carbons (Fsp3) is 0.259. The largest absolute Gasteiger partial charge is 0.457 e. The zero-order chi connectivity index (χ0) is 52.2. The van der Waals surface area contributed by atoms with Crippen molar-refractivity contribution in [3.8, 4) is 23.0 Å². The van der Waals surface area contributed by atoms with Gasteiger partial charge in [0, 0.05) is 75.4 Å². The van der Waals surface area contributed by atoms with Gasteiger partial charge in [0.1, 0.15) is 23.0 Å². The molecule has 0 atom stereocenters. The second-order valence-corrected chi connectivity index (χ2v) is 17.0. The number of carbonyl (C=O) groups excluding carboxylic acids is 4. The van der Waals surface area contributed by atoms with Gasteiger partial charge in [0.05, 0.1) is 24.2 Å². The maximum absolute atomic E-state index is 13.2. The first-order chi connectivity index (χ1) is 35.1. The Balaban J connectivity index is 0.000000230. The fourth-order valence-electron chi connectivity index (χ4n) is 7.50. The van der Waals surface area contributed by atoms with E-state index in [0.29, 0.717) is 67.6 Å². The number of benzene rings is 6. The molecule has 0 unspecified atom stereocenters. The molecule has 2 aliphatic rings. The first kappa shape index (κ1) is 58.0. The monoisotopic (exact) mass is 1110 g/mol. The van der Waals surface area contributed by atoms with Crippen molar-refractivity contribution in [1.29, 1.82) is 0 Å². The first-order valence-electron chi connectivity index (χ1n) is 23.1. The molecule has 6 aromatic carbocycles. The molecule has 12 nitrogen and oxygen atoms in total. The SMILES string of the molecule is Cl.FC(F)(F)c1ccccc1CBr.O=C(NCC(=O)N1CCN(Cc2ccccc2C(F)(F)F)CC1)c1ccc(Oc2ccccc2)cc1.O=C(NCC(=O)N1CCNCC1)c1ccc(Oc2ccccc2)cc1. The summed E-state index contributed by atoms with van der Waals surface area (Å²) >= 11 is 3.00. The minimum Gasteiger partial charge on any atom is -0.457 e. The summed E-state index contributed by atoms with van der Waals surface area (Å²) in [6.45, 7) is 4.65. The average molecular weight is 1110 g/mol. The summed E-state index contributed by atoms with van der Waals surface area (Å²) in [5.41, 5.74) is 0.180. The molecule has 392 valence electrons. The van der Waals surface area contributed by atoms with Crippen LogP contribution in [0.4, 0.5) is 26.3 Å². The van der Waals surface area contributed by atoms with Crippen LogP contribution in [0.5, 0.6) is 23.0 Å². The molecule has 2 saturated heterocycles. The van der Waals surface area contributed by atoms with E-state index in [1.54, 1.807) is 70.5 Å². The van der Waals surface area contributed by atoms with Crippen LogP contribution in [0.2, 0.25) is 0 Å². The van der Waals surface area contributed by atoms with Crippen molar-refractivity contribution in [3.63, 3.8) is 0 Å². The number of nitrogens with one attached hydrogen (secondary N) is 3. The van der Waals surface area contributed by atoms with E-state index >= 15 is 0 Å². The summed E-state index contributed by atoms with van der Waals surface area (Å²) in [5, 5.41) is 8.72. The molecule has 0 aromatic heterocycles. The number of carbonyl (C=O) groups is 4. The van der Waals surface area contributed by atoms with E-state index in [0.717, 1.165) is 31.0 Å². The Morgan fingerprint density at radius 2 is 0.851 bits per heavy atom. The number of para-hydroxylation sites is 2. The Bertz CT molecular complexity index is 2710. The first-order valence-corrected chi connectivity index (χ1v) is 24.3. The van der Waals surface area contributed by atoms with Gasteiger partial charge in [-0.05, 0) is 96.1 Å². The molecule has 4 amide bonds. The van der Waals surface area contributed by atoms with Gasteiger partial charge >= 0.3 is 12.4 Å². The number of nitrogens with zero attached hydrogens (tertiary/aromatic N) is 3. The zero-order valence-corrected chi connectivity index (χ0v) is 42.2. The third-order valence-electron chi connectivity index (χ3n) is 11.4. The summed E-state index contributed by atoms with van der Waals surface area (Å²) in [7, 11) is 0. The lowest BCUT2D eigenvalue weighted by Crippen LogP contribution is -2.50. The Hall–Kier alpha value is -6.93. The molecule has 3 N–H and O–H groups in total. The highest BCUT2D eigenvalue weighted by molar-refractivity contribution is 9.08. The highest BCUT2D eigenvalue weighted by Gasteiger charge is 2.34. The predicted molar refractivity (Wildman–Crippen MR) is 275 cm³/mol. The Morgan fingerprint density at radius 1 is 0.486 bits per heavy atom. The molecule has 8 rings (SSSR count). The van der Waals surface area contributed by atoms with Gasteiger partial charge < -0.3 is 35.2 Å². The normalized spacial score (nSPS) is 13.6. The maximum Gasteiger partial charge on any atom is 0.416 e. The smallest absolute Gasteiger partial charge is 0.416 e. The average Bonchev–Trinajstić information content (AvgIpc) is 3.40. The quantitative estimate of drug-likeness (QED) is 0.0770. The molecule has 0 aliphatic carbocycles. The van der Waals surface area contributed by atoms with Gasteiger partial charge in [-0.15, -0.1) is 12.4 Å². The van der Waals surface area contributed by atoms with Gasteiger partial charge in [0.2, 0.25) is 11.8 Å². The number of amides is 4. The van der Waals surface area contributed by atoms with Crippen LogP contribution < -0.4 is 25.4 Å². The molecule has 2 aliphatic heterocycles. The highest BCUT2D eigenvalue weighted by Crippen LogP contribution is 2.34. The minimum absolute atomic E-state index is 0. The van der Waals surface area contributed by atoms with Crippen molar-refractivity contribution in [2.75, 3.05) is 65.4 Å². The second kappa shape index (κ2) is 28.5. The minimum atomic E-state index is -4.40. The van der Waals surface area contributed by atoms with Crippen molar-refractivity contribution in [2.45, 2.75) is 24.2 Å². The van der Waals surface area contributed by atoms with E-state index in [1.165, 1.54) is 24.3 Å². The number of halogens is 8.